The molecule has 0 aliphatic heterocycles. The summed E-state index contributed by atoms with van der Waals surface area (Å²) in [7, 11) is 1.60. The number of anilines is 1. The minimum atomic E-state index is 0.0517. The van der Waals surface area contributed by atoms with Gasteiger partial charge in [0.25, 0.3) is 0 Å². The van der Waals surface area contributed by atoms with Gasteiger partial charge in [0.1, 0.15) is 5.52 Å². The molecule has 2 N–H and O–H groups in total. The highest BCUT2D eigenvalue weighted by Crippen LogP contribution is 2.28. The second-order valence-electron chi connectivity index (χ2n) is 5.07. The number of fused-ring (bicyclic) bond motifs is 1. The van der Waals surface area contributed by atoms with Gasteiger partial charge in [-0.2, -0.15) is 4.98 Å². The molecule has 2 aromatic heterocycles. The first-order valence-corrected chi connectivity index (χ1v) is 6.85. The van der Waals surface area contributed by atoms with E-state index in [0.29, 0.717) is 11.8 Å². The maximum absolute atomic E-state index is 6.10. The molecular weight excluding hydrogens is 264 g/mol. The van der Waals surface area contributed by atoms with Crippen molar-refractivity contribution in [3.8, 4) is 5.88 Å². The minimum Gasteiger partial charge on any atom is -0.481 e. The van der Waals surface area contributed by atoms with Crippen molar-refractivity contribution in [1.82, 2.24) is 14.5 Å². The number of aryl methyl sites for hydroxylation is 1. The summed E-state index contributed by atoms with van der Waals surface area (Å²) < 4.78 is 7.15. The van der Waals surface area contributed by atoms with E-state index in [9.17, 15) is 0 Å². The fourth-order valence-electron chi connectivity index (χ4n) is 2.66. The molecule has 1 aromatic carbocycles. The SMILES string of the molecule is COc1ccc2nc(N)n(C(C)c3ccccc3C)c2n1. The molecule has 3 rings (SSSR count). The molecule has 21 heavy (non-hydrogen) atoms. The van der Waals surface area contributed by atoms with Gasteiger partial charge in [-0.15, -0.1) is 0 Å². The van der Waals surface area contributed by atoms with E-state index in [-0.39, 0.29) is 6.04 Å². The second-order valence-corrected chi connectivity index (χ2v) is 5.07. The summed E-state index contributed by atoms with van der Waals surface area (Å²) in [5, 5.41) is 0. The Hall–Kier alpha value is -2.56. The monoisotopic (exact) mass is 282 g/mol. The summed E-state index contributed by atoms with van der Waals surface area (Å²) in [6.45, 7) is 4.19. The van der Waals surface area contributed by atoms with Crippen LogP contribution in [0.3, 0.4) is 0 Å². The number of hydrogen-bond acceptors (Lipinski definition) is 4. The highest BCUT2D eigenvalue weighted by molar-refractivity contribution is 5.75. The quantitative estimate of drug-likeness (QED) is 0.802. The van der Waals surface area contributed by atoms with Crippen LogP contribution in [0.5, 0.6) is 5.88 Å². The molecular formula is C16H18N4O. The summed E-state index contributed by atoms with van der Waals surface area (Å²) in [5.74, 6) is 1.02. The first-order valence-electron chi connectivity index (χ1n) is 6.85. The summed E-state index contributed by atoms with van der Waals surface area (Å²) in [6.07, 6.45) is 0. The molecule has 0 aliphatic rings. The summed E-state index contributed by atoms with van der Waals surface area (Å²) in [6, 6.07) is 12.0. The van der Waals surface area contributed by atoms with Crippen molar-refractivity contribution in [1.29, 1.82) is 0 Å². The van der Waals surface area contributed by atoms with Crippen LogP contribution in [0.4, 0.5) is 5.95 Å². The van der Waals surface area contributed by atoms with Crippen LogP contribution in [0.2, 0.25) is 0 Å². The van der Waals surface area contributed by atoms with E-state index in [2.05, 4.69) is 35.9 Å². The molecule has 5 nitrogen and oxygen atoms in total. The average molecular weight is 282 g/mol. The first kappa shape index (κ1) is 13.4. The van der Waals surface area contributed by atoms with Gasteiger partial charge in [0.05, 0.1) is 13.2 Å². The minimum absolute atomic E-state index is 0.0517. The Morgan fingerprint density at radius 2 is 1.90 bits per heavy atom. The van der Waals surface area contributed by atoms with E-state index in [1.807, 2.05) is 22.8 Å². The van der Waals surface area contributed by atoms with Gasteiger partial charge in [-0.3, -0.25) is 4.57 Å². The molecule has 0 bridgehead atoms. The highest BCUT2D eigenvalue weighted by atomic mass is 16.5. The molecule has 0 aliphatic carbocycles. The lowest BCUT2D eigenvalue weighted by Gasteiger charge is -2.18. The number of pyridine rings is 1. The van der Waals surface area contributed by atoms with Crippen LogP contribution in [0.15, 0.2) is 36.4 Å². The molecule has 0 saturated carbocycles. The molecule has 0 spiro atoms. The van der Waals surface area contributed by atoms with Gasteiger partial charge >= 0.3 is 0 Å². The van der Waals surface area contributed by atoms with Crippen LogP contribution < -0.4 is 10.5 Å². The third kappa shape index (κ3) is 2.20. The Morgan fingerprint density at radius 3 is 2.62 bits per heavy atom. The number of methoxy groups -OCH3 is 1. The van der Waals surface area contributed by atoms with E-state index < -0.39 is 0 Å². The van der Waals surface area contributed by atoms with Crippen LogP contribution in [-0.2, 0) is 0 Å². The Morgan fingerprint density at radius 1 is 1.14 bits per heavy atom. The summed E-state index contributed by atoms with van der Waals surface area (Å²) in [4.78, 5) is 8.88. The van der Waals surface area contributed by atoms with Crippen molar-refractivity contribution in [2.75, 3.05) is 12.8 Å². The molecule has 1 unspecified atom stereocenters. The smallest absolute Gasteiger partial charge is 0.215 e. The first-order chi connectivity index (χ1) is 10.1. The fraction of sp³-hybridized carbons (Fsp3) is 0.250. The van der Waals surface area contributed by atoms with E-state index in [4.69, 9.17) is 10.5 Å². The Labute approximate surface area is 123 Å². The molecule has 0 fully saturated rings. The Kier molecular flexibility index (Phi) is 3.25. The zero-order valence-corrected chi connectivity index (χ0v) is 12.4. The third-order valence-electron chi connectivity index (χ3n) is 3.77. The lowest BCUT2D eigenvalue weighted by Crippen LogP contribution is -2.12. The summed E-state index contributed by atoms with van der Waals surface area (Å²) in [5.41, 5.74) is 10.0. The number of hydrogen-bond donors (Lipinski definition) is 1. The maximum Gasteiger partial charge on any atom is 0.215 e. The van der Waals surface area contributed by atoms with Crippen LogP contribution >= 0.6 is 0 Å². The van der Waals surface area contributed by atoms with E-state index >= 15 is 0 Å². The number of nitrogens with two attached hydrogens (primary N) is 1. The molecule has 0 amide bonds. The van der Waals surface area contributed by atoms with Crippen molar-refractivity contribution >= 4 is 17.1 Å². The Balaban J connectivity index is 2.19. The van der Waals surface area contributed by atoms with Crippen molar-refractivity contribution in [3.63, 3.8) is 0 Å². The molecule has 108 valence electrons. The fourth-order valence-corrected chi connectivity index (χ4v) is 2.66. The van der Waals surface area contributed by atoms with Gasteiger partial charge in [-0.1, -0.05) is 24.3 Å². The van der Waals surface area contributed by atoms with Gasteiger partial charge in [-0.05, 0) is 31.0 Å². The van der Waals surface area contributed by atoms with Crippen LogP contribution in [0.1, 0.15) is 24.1 Å². The lowest BCUT2D eigenvalue weighted by atomic mass is 10.0. The number of aromatic nitrogens is 3. The number of nitrogen functional groups attached to an aromatic ring is 1. The van der Waals surface area contributed by atoms with Crippen molar-refractivity contribution in [2.24, 2.45) is 0 Å². The average Bonchev–Trinajstić information content (AvgIpc) is 2.81. The largest absolute Gasteiger partial charge is 0.481 e. The second kappa shape index (κ2) is 5.09. The van der Waals surface area contributed by atoms with Crippen molar-refractivity contribution in [3.05, 3.63) is 47.5 Å². The molecule has 0 saturated heterocycles. The predicted molar refractivity (Wildman–Crippen MR) is 83.5 cm³/mol. The molecule has 2 heterocycles. The standard InChI is InChI=1S/C16H18N4O/c1-10-6-4-5-7-12(10)11(2)20-15-13(18-16(20)17)8-9-14(19-15)21-3/h4-9,11H,1-3H3,(H2,17,18). The van der Waals surface area contributed by atoms with Crippen molar-refractivity contribution < 1.29 is 4.74 Å². The topological polar surface area (TPSA) is 66.0 Å². The zero-order chi connectivity index (χ0) is 15.0. The van der Waals surface area contributed by atoms with E-state index in [1.165, 1.54) is 11.1 Å². The molecule has 0 radical (unpaired) electrons. The van der Waals surface area contributed by atoms with Gasteiger partial charge in [-0.25, -0.2) is 4.98 Å². The highest BCUT2D eigenvalue weighted by Gasteiger charge is 2.18. The normalized spacial score (nSPS) is 12.5. The van der Waals surface area contributed by atoms with Gasteiger partial charge in [0, 0.05) is 6.07 Å². The number of nitrogens with zero attached hydrogens (tertiary/aromatic N) is 3. The van der Waals surface area contributed by atoms with E-state index in [1.54, 1.807) is 13.2 Å². The number of ether oxygens (including phenoxy) is 1. The number of imidazole rings is 1. The van der Waals surface area contributed by atoms with Gasteiger partial charge < -0.3 is 10.5 Å². The summed E-state index contributed by atoms with van der Waals surface area (Å²) >= 11 is 0. The maximum atomic E-state index is 6.10. The molecule has 5 heteroatoms. The van der Waals surface area contributed by atoms with Crippen LogP contribution in [0, 0.1) is 6.92 Å². The zero-order valence-electron chi connectivity index (χ0n) is 12.4. The van der Waals surface area contributed by atoms with Crippen LogP contribution in [0.25, 0.3) is 11.2 Å². The lowest BCUT2D eigenvalue weighted by molar-refractivity contribution is 0.399. The number of rotatable bonds is 3. The molecule has 3 aromatic rings. The Bertz CT molecular complexity index is 794. The third-order valence-corrected chi connectivity index (χ3v) is 3.77. The van der Waals surface area contributed by atoms with Gasteiger partial charge in [0.15, 0.2) is 5.65 Å². The van der Waals surface area contributed by atoms with E-state index in [0.717, 1.165) is 11.2 Å². The van der Waals surface area contributed by atoms with Gasteiger partial charge in [0.2, 0.25) is 11.8 Å². The molecule has 1 atom stereocenters. The number of benzene rings is 1. The van der Waals surface area contributed by atoms with Crippen LogP contribution in [-0.4, -0.2) is 21.6 Å². The van der Waals surface area contributed by atoms with Crippen molar-refractivity contribution in [2.45, 2.75) is 19.9 Å². The predicted octanol–water partition coefficient (Wildman–Crippen LogP) is 2.94.